The third-order valence-electron chi connectivity index (χ3n) is 3.56. The number of rotatable bonds is 3. The van der Waals surface area contributed by atoms with Crippen molar-refractivity contribution in [1.82, 2.24) is 4.90 Å². The molecule has 1 aliphatic carbocycles. The standard InChI is InChI=1S/C14H20N2O/c1-10(13(17)16(2)3)11-5-4-6-12(9-11)14(15)7-8-14/h4-6,9-10H,7-8,15H2,1-3H3. The molecule has 3 heteroatoms. The van der Waals surface area contributed by atoms with Crippen LogP contribution in [0.25, 0.3) is 0 Å². The van der Waals surface area contributed by atoms with Gasteiger partial charge in [-0.2, -0.15) is 0 Å². The fraction of sp³-hybridized carbons (Fsp3) is 0.500. The summed E-state index contributed by atoms with van der Waals surface area (Å²) in [6.07, 6.45) is 2.10. The minimum Gasteiger partial charge on any atom is -0.348 e. The van der Waals surface area contributed by atoms with Crippen molar-refractivity contribution in [2.45, 2.75) is 31.2 Å². The maximum atomic E-state index is 11.9. The van der Waals surface area contributed by atoms with Gasteiger partial charge in [-0.25, -0.2) is 0 Å². The first-order valence-corrected chi connectivity index (χ1v) is 6.04. The van der Waals surface area contributed by atoms with Gasteiger partial charge in [-0.15, -0.1) is 0 Å². The molecule has 0 spiro atoms. The van der Waals surface area contributed by atoms with Crippen LogP contribution in [0.3, 0.4) is 0 Å². The van der Waals surface area contributed by atoms with Gasteiger partial charge in [0.15, 0.2) is 0 Å². The zero-order valence-corrected chi connectivity index (χ0v) is 10.7. The van der Waals surface area contributed by atoms with E-state index in [2.05, 4.69) is 12.1 Å². The zero-order chi connectivity index (χ0) is 12.6. The van der Waals surface area contributed by atoms with E-state index in [1.54, 1.807) is 19.0 Å². The molecule has 17 heavy (non-hydrogen) atoms. The van der Waals surface area contributed by atoms with Gasteiger partial charge in [0.2, 0.25) is 5.91 Å². The lowest BCUT2D eigenvalue weighted by Crippen LogP contribution is -2.27. The molecule has 1 aromatic rings. The second-order valence-electron chi connectivity index (χ2n) is 5.24. The maximum absolute atomic E-state index is 11.9. The summed E-state index contributed by atoms with van der Waals surface area (Å²) in [6.45, 7) is 1.94. The van der Waals surface area contributed by atoms with Crippen molar-refractivity contribution in [2.75, 3.05) is 14.1 Å². The lowest BCUT2D eigenvalue weighted by atomic mass is 9.95. The van der Waals surface area contributed by atoms with Crippen LogP contribution < -0.4 is 5.73 Å². The molecule has 1 saturated carbocycles. The van der Waals surface area contributed by atoms with E-state index < -0.39 is 0 Å². The Hall–Kier alpha value is -1.35. The minimum atomic E-state index is -0.128. The summed E-state index contributed by atoms with van der Waals surface area (Å²) in [5.74, 6) is 0.0244. The molecule has 1 aliphatic rings. The van der Waals surface area contributed by atoms with Crippen LogP contribution in [0.4, 0.5) is 0 Å². The Kier molecular flexibility index (Phi) is 2.96. The Morgan fingerprint density at radius 2 is 2.06 bits per heavy atom. The quantitative estimate of drug-likeness (QED) is 0.864. The van der Waals surface area contributed by atoms with Gasteiger partial charge in [0.1, 0.15) is 0 Å². The number of hydrogen-bond donors (Lipinski definition) is 1. The zero-order valence-electron chi connectivity index (χ0n) is 10.7. The number of amides is 1. The predicted molar refractivity (Wildman–Crippen MR) is 68.7 cm³/mol. The second kappa shape index (κ2) is 4.15. The van der Waals surface area contributed by atoms with Crippen LogP contribution in [0, 0.1) is 0 Å². The third kappa shape index (κ3) is 2.34. The highest BCUT2D eigenvalue weighted by molar-refractivity contribution is 5.82. The molecule has 0 saturated heterocycles. The van der Waals surface area contributed by atoms with Gasteiger partial charge in [0.05, 0.1) is 5.92 Å². The highest BCUT2D eigenvalue weighted by atomic mass is 16.2. The van der Waals surface area contributed by atoms with Crippen LogP contribution >= 0.6 is 0 Å². The monoisotopic (exact) mass is 232 g/mol. The second-order valence-corrected chi connectivity index (χ2v) is 5.24. The molecule has 0 aromatic heterocycles. The molecular formula is C14H20N2O. The van der Waals surface area contributed by atoms with Gasteiger partial charge < -0.3 is 10.6 Å². The average Bonchev–Trinajstić information content (AvgIpc) is 3.07. The Balaban J connectivity index is 2.24. The first-order chi connectivity index (χ1) is 7.94. The average molecular weight is 232 g/mol. The lowest BCUT2D eigenvalue weighted by Gasteiger charge is -2.18. The molecule has 92 valence electrons. The van der Waals surface area contributed by atoms with E-state index in [9.17, 15) is 4.79 Å². The Morgan fingerprint density at radius 1 is 1.41 bits per heavy atom. The molecule has 1 aromatic carbocycles. The number of benzene rings is 1. The summed E-state index contributed by atoms with van der Waals surface area (Å²) >= 11 is 0. The number of likely N-dealkylation sites (N-methyl/N-ethyl adjacent to an activating group) is 1. The molecule has 2 N–H and O–H groups in total. The molecule has 3 nitrogen and oxygen atoms in total. The molecule has 1 fully saturated rings. The fourth-order valence-corrected chi connectivity index (χ4v) is 2.07. The normalized spacial score (nSPS) is 18.6. The molecule has 0 bridgehead atoms. The van der Waals surface area contributed by atoms with E-state index in [0.717, 1.165) is 24.0 Å². The van der Waals surface area contributed by atoms with Crippen molar-refractivity contribution >= 4 is 5.91 Å². The van der Waals surface area contributed by atoms with Crippen molar-refractivity contribution in [2.24, 2.45) is 5.73 Å². The van der Waals surface area contributed by atoms with Crippen molar-refractivity contribution < 1.29 is 4.79 Å². The Bertz CT molecular complexity index is 436. The summed E-state index contributed by atoms with van der Waals surface area (Å²) in [4.78, 5) is 13.5. The number of hydrogen-bond acceptors (Lipinski definition) is 2. The van der Waals surface area contributed by atoms with Gasteiger partial charge in [-0.05, 0) is 30.9 Å². The van der Waals surface area contributed by atoms with Gasteiger partial charge >= 0.3 is 0 Å². The number of nitrogens with two attached hydrogens (primary N) is 1. The van der Waals surface area contributed by atoms with E-state index in [-0.39, 0.29) is 17.4 Å². The van der Waals surface area contributed by atoms with Crippen LogP contribution in [0.15, 0.2) is 24.3 Å². The van der Waals surface area contributed by atoms with Crippen LogP contribution in [-0.2, 0) is 10.3 Å². The highest BCUT2D eigenvalue weighted by Crippen LogP contribution is 2.43. The van der Waals surface area contributed by atoms with E-state index >= 15 is 0 Å². The predicted octanol–water partition coefficient (Wildman–Crippen LogP) is 1.83. The van der Waals surface area contributed by atoms with Crippen molar-refractivity contribution in [1.29, 1.82) is 0 Å². The number of nitrogens with zero attached hydrogens (tertiary/aromatic N) is 1. The summed E-state index contributed by atoms with van der Waals surface area (Å²) in [5, 5.41) is 0. The Labute approximate surface area is 103 Å². The van der Waals surface area contributed by atoms with Crippen molar-refractivity contribution in [3.8, 4) is 0 Å². The maximum Gasteiger partial charge on any atom is 0.229 e. The SMILES string of the molecule is CC(C(=O)N(C)C)c1cccc(C2(N)CC2)c1. The van der Waals surface area contributed by atoms with Gasteiger partial charge in [-0.3, -0.25) is 4.79 Å². The Morgan fingerprint density at radius 3 is 2.59 bits per heavy atom. The van der Waals surface area contributed by atoms with Crippen molar-refractivity contribution in [3.63, 3.8) is 0 Å². The molecule has 0 radical (unpaired) electrons. The number of carbonyl (C=O) groups excluding carboxylic acids is 1. The minimum absolute atomic E-state index is 0.104. The smallest absolute Gasteiger partial charge is 0.229 e. The number of carbonyl (C=O) groups is 1. The molecule has 0 heterocycles. The van der Waals surface area contributed by atoms with E-state index in [0.29, 0.717) is 0 Å². The van der Waals surface area contributed by atoms with Gasteiger partial charge in [0.25, 0.3) is 0 Å². The molecule has 1 atom stereocenters. The van der Waals surface area contributed by atoms with Crippen LogP contribution in [-0.4, -0.2) is 24.9 Å². The van der Waals surface area contributed by atoms with E-state index in [1.165, 1.54) is 0 Å². The third-order valence-corrected chi connectivity index (χ3v) is 3.56. The lowest BCUT2D eigenvalue weighted by molar-refractivity contribution is -0.129. The summed E-state index contributed by atoms with van der Waals surface area (Å²) in [6, 6.07) is 8.14. The first-order valence-electron chi connectivity index (χ1n) is 6.04. The summed E-state index contributed by atoms with van der Waals surface area (Å²) in [5.41, 5.74) is 8.26. The highest BCUT2D eigenvalue weighted by Gasteiger charge is 2.40. The fourth-order valence-electron chi connectivity index (χ4n) is 2.07. The summed E-state index contributed by atoms with van der Waals surface area (Å²) < 4.78 is 0. The molecule has 0 aliphatic heterocycles. The van der Waals surface area contributed by atoms with E-state index in [1.807, 2.05) is 19.1 Å². The van der Waals surface area contributed by atoms with E-state index in [4.69, 9.17) is 5.73 Å². The van der Waals surface area contributed by atoms with Crippen LogP contribution in [0.1, 0.15) is 36.8 Å². The largest absolute Gasteiger partial charge is 0.348 e. The topological polar surface area (TPSA) is 46.3 Å². The van der Waals surface area contributed by atoms with Crippen LogP contribution in [0.5, 0.6) is 0 Å². The van der Waals surface area contributed by atoms with Gasteiger partial charge in [-0.1, -0.05) is 24.3 Å². The summed E-state index contributed by atoms with van der Waals surface area (Å²) in [7, 11) is 3.57. The van der Waals surface area contributed by atoms with Gasteiger partial charge in [0, 0.05) is 19.6 Å². The van der Waals surface area contributed by atoms with Crippen molar-refractivity contribution in [3.05, 3.63) is 35.4 Å². The molecule has 1 amide bonds. The molecular weight excluding hydrogens is 212 g/mol. The van der Waals surface area contributed by atoms with Crippen LogP contribution in [0.2, 0.25) is 0 Å². The first kappa shape index (κ1) is 12.1. The molecule has 2 rings (SSSR count). The molecule has 1 unspecified atom stereocenters.